The summed E-state index contributed by atoms with van der Waals surface area (Å²) >= 11 is 0. The lowest BCUT2D eigenvalue weighted by atomic mass is 9.96. The second kappa shape index (κ2) is 14.5. The number of aliphatic imine (C=N–C) groups is 1. The van der Waals surface area contributed by atoms with Gasteiger partial charge in [-0.25, -0.2) is 4.98 Å². The highest BCUT2D eigenvalue weighted by Gasteiger charge is 2.31. The van der Waals surface area contributed by atoms with Crippen LogP contribution in [0.25, 0.3) is 34.2 Å². The van der Waals surface area contributed by atoms with Gasteiger partial charge in [-0.2, -0.15) is 0 Å². The summed E-state index contributed by atoms with van der Waals surface area (Å²) in [5, 5.41) is 0. The third-order valence-electron chi connectivity index (χ3n) is 9.79. The number of fused-ring (bicyclic) bond motifs is 2. The maximum Gasteiger partial charge on any atom is 0.138 e. The van der Waals surface area contributed by atoms with Crippen molar-refractivity contribution in [3.8, 4) is 16.9 Å². The van der Waals surface area contributed by atoms with E-state index in [0.29, 0.717) is 0 Å². The van der Waals surface area contributed by atoms with Crippen LogP contribution in [0, 0.1) is 0 Å². The van der Waals surface area contributed by atoms with Crippen LogP contribution in [0.1, 0.15) is 41.4 Å². The lowest BCUT2D eigenvalue weighted by molar-refractivity contribution is 0.993. The summed E-state index contributed by atoms with van der Waals surface area (Å²) in [6, 6.07) is 44.1. The lowest BCUT2D eigenvalue weighted by Gasteiger charge is -2.27. The number of allylic oxidation sites excluding steroid dienone is 4. The summed E-state index contributed by atoms with van der Waals surface area (Å²) in [5.41, 5.74) is 13.9. The van der Waals surface area contributed by atoms with Crippen LogP contribution >= 0.6 is 0 Å². The molecule has 0 aliphatic carbocycles. The molecular formula is C48H41N5. The van der Waals surface area contributed by atoms with Gasteiger partial charge in [-0.3, -0.25) is 4.99 Å². The summed E-state index contributed by atoms with van der Waals surface area (Å²) in [6.45, 7) is 12.3. The largest absolute Gasteiger partial charge is 0.342 e. The molecule has 5 heteroatoms. The maximum atomic E-state index is 5.33. The molecule has 2 aliphatic heterocycles. The van der Waals surface area contributed by atoms with Gasteiger partial charge in [0, 0.05) is 59.0 Å². The van der Waals surface area contributed by atoms with E-state index in [2.05, 4.69) is 174 Å². The number of hydrogen-bond acceptors (Lipinski definition) is 4. The summed E-state index contributed by atoms with van der Waals surface area (Å²) < 4.78 is 2.32. The average Bonchev–Trinajstić information content (AvgIpc) is 3.56. The molecule has 0 amide bonds. The number of benzene rings is 4. The molecule has 0 saturated carbocycles. The molecule has 8 rings (SSSR count). The SMILES string of the molecule is C=C1c2ccccc2N(c2cc(C3=NCCC=C3)cc(-c3ccccc3)n2)/C=C\c2c(N(C)c3ccccc3)c(C(=C)/C=C\C)n(-c3ccccc3)c21. The van der Waals surface area contributed by atoms with Gasteiger partial charge in [0.25, 0.3) is 0 Å². The van der Waals surface area contributed by atoms with Crippen LogP contribution in [0.4, 0.5) is 22.9 Å². The van der Waals surface area contributed by atoms with Crippen molar-refractivity contribution in [2.45, 2.75) is 13.3 Å². The number of hydrogen-bond donors (Lipinski definition) is 0. The Morgan fingerprint density at radius 3 is 2.23 bits per heavy atom. The average molecular weight is 688 g/mol. The van der Waals surface area contributed by atoms with Crippen molar-refractivity contribution in [3.63, 3.8) is 0 Å². The Bertz CT molecular complexity index is 2450. The summed E-state index contributed by atoms with van der Waals surface area (Å²) in [7, 11) is 2.13. The number of pyridine rings is 1. The Labute approximate surface area is 312 Å². The van der Waals surface area contributed by atoms with E-state index in [0.717, 1.165) is 97.7 Å². The standard InChI is InChI=1S/C48H41N5/c1-5-19-34(2)46-48(51(4)38-22-11-7-12-23-38)41-29-31-52(44-28-16-15-26-40(44)35(3)47(41)53(46)39-24-13-8-14-25-39)45-33-37(42-27-17-18-30-49-42)32-43(50-45)36-20-9-6-10-21-36/h5-17,19-29,31-33H,2-3,18,30H2,1,4H3/b19-5-,31-29-. The first-order valence-corrected chi connectivity index (χ1v) is 18.0. The fraction of sp³-hybridized carbons (Fsp3) is 0.0833. The van der Waals surface area contributed by atoms with Crippen molar-refractivity contribution in [2.75, 3.05) is 23.4 Å². The molecule has 0 saturated heterocycles. The van der Waals surface area contributed by atoms with Gasteiger partial charge in [0.15, 0.2) is 0 Å². The first-order chi connectivity index (χ1) is 26.0. The van der Waals surface area contributed by atoms with E-state index < -0.39 is 0 Å². The van der Waals surface area contributed by atoms with Crippen LogP contribution in [-0.4, -0.2) is 28.9 Å². The number of dihydropyridines is 1. The monoisotopic (exact) mass is 687 g/mol. The Balaban J connectivity index is 1.43. The zero-order chi connectivity index (χ0) is 36.3. The Kier molecular flexibility index (Phi) is 9.14. The minimum absolute atomic E-state index is 0.774. The summed E-state index contributed by atoms with van der Waals surface area (Å²) in [6.07, 6.45) is 13.8. The fourth-order valence-corrected chi connectivity index (χ4v) is 7.30. The molecule has 0 spiro atoms. The molecule has 2 aromatic heterocycles. The molecule has 5 nitrogen and oxygen atoms in total. The van der Waals surface area contributed by atoms with Crippen LogP contribution in [0.3, 0.4) is 0 Å². The molecule has 0 unspecified atom stereocenters. The van der Waals surface area contributed by atoms with Gasteiger partial charge in [-0.05, 0) is 73.5 Å². The van der Waals surface area contributed by atoms with Crippen molar-refractivity contribution in [2.24, 2.45) is 4.99 Å². The summed E-state index contributed by atoms with van der Waals surface area (Å²) in [4.78, 5) is 14.7. The third-order valence-corrected chi connectivity index (χ3v) is 9.79. The molecular weight excluding hydrogens is 647 g/mol. The molecule has 0 fully saturated rings. The van der Waals surface area contributed by atoms with Crippen LogP contribution < -0.4 is 9.80 Å². The van der Waals surface area contributed by atoms with Gasteiger partial charge >= 0.3 is 0 Å². The molecule has 4 heterocycles. The maximum absolute atomic E-state index is 5.33. The van der Waals surface area contributed by atoms with Crippen LogP contribution in [0.2, 0.25) is 0 Å². The van der Waals surface area contributed by atoms with Crippen molar-refractivity contribution >= 4 is 45.8 Å². The zero-order valence-corrected chi connectivity index (χ0v) is 30.2. The first-order valence-electron chi connectivity index (χ1n) is 18.0. The molecule has 0 atom stereocenters. The van der Waals surface area contributed by atoms with Crippen LogP contribution in [0.5, 0.6) is 0 Å². The van der Waals surface area contributed by atoms with E-state index >= 15 is 0 Å². The van der Waals surface area contributed by atoms with Crippen LogP contribution in [0.15, 0.2) is 176 Å². The van der Waals surface area contributed by atoms with Gasteiger partial charge in [0.1, 0.15) is 5.82 Å². The van der Waals surface area contributed by atoms with Crippen molar-refractivity contribution < 1.29 is 0 Å². The first kappa shape index (κ1) is 33.4. The Morgan fingerprint density at radius 1 is 0.811 bits per heavy atom. The minimum Gasteiger partial charge on any atom is -0.342 e. The lowest BCUT2D eigenvalue weighted by Crippen LogP contribution is -2.16. The molecule has 0 radical (unpaired) electrons. The molecule has 2 aliphatic rings. The van der Waals surface area contributed by atoms with Crippen molar-refractivity contribution in [1.82, 2.24) is 9.55 Å². The topological polar surface area (TPSA) is 36.7 Å². The van der Waals surface area contributed by atoms with E-state index in [1.54, 1.807) is 0 Å². The number of aromatic nitrogens is 2. The highest BCUT2D eigenvalue weighted by Crippen LogP contribution is 2.48. The molecule has 6 aromatic rings. The molecule has 53 heavy (non-hydrogen) atoms. The number of rotatable bonds is 8. The van der Waals surface area contributed by atoms with Gasteiger partial charge < -0.3 is 14.4 Å². The van der Waals surface area contributed by atoms with Gasteiger partial charge in [-0.15, -0.1) is 0 Å². The zero-order valence-electron chi connectivity index (χ0n) is 30.2. The van der Waals surface area contributed by atoms with E-state index in [1.165, 1.54) is 0 Å². The van der Waals surface area contributed by atoms with Crippen LogP contribution in [-0.2, 0) is 0 Å². The van der Waals surface area contributed by atoms with Gasteiger partial charge in [0.05, 0.1) is 34.2 Å². The van der Waals surface area contributed by atoms with Crippen molar-refractivity contribution in [3.05, 3.63) is 199 Å². The fourth-order valence-electron chi connectivity index (χ4n) is 7.30. The highest BCUT2D eigenvalue weighted by molar-refractivity contribution is 6.10. The second-order valence-corrected chi connectivity index (χ2v) is 13.2. The highest BCUT2D eigenvalue weighted by atomic mass is 15.2. The van der Waals surface area contributed by atoms with E-state index in [9.17, 15) is 0 Å². The quantitative estimate of drug-likeness (QED) is 0.149. The Hall–Kier alpha value is -6.72. The van der Waals surface area contributed by atoms with E-state index in [1.807, 2.05) is 25.1 Å². The second-order valence-electron chi connectivity index (χ2n) is 13.2. The minimum atomic E-state index is 0.774. The number of nitrogens with zero attached hydrogens (tertiary/aromatic N) is 5. The molecule has 0 bridgehead atoms. The smallest absolute Gasteiger partial charge is 0.138 e. The Morgan fingerprint density at radius 2 is 1.51 bits per heavy atom. The summed E-state index contributed by atoms with van der Waals surface area (Å²) in [5.74, 6) is 0.794. The van der Waals surface area contributed by atoms with Gasteiger partial charge in [-0.1, -0.05) is 116 Å². The number of anilines is 4. The third kappa shape index (κ3) is 6.27. The predicted octanol–water partition coefficient (Wildman–Crippen LogP) is 11.8. The normalized spacial score (nSPS) is 14.3. The number of para-hydroxylation sites is 3. The molecule has 258 valence electrons. The van der Waals surface area contributed by atoms with E-state index in [4.69, 9.17) is 16.6 Å². The van der Waals surface area contributed by atoms with Crippen molar-refractivity contribution in [1.29, 1.82) is 0 Å². The predicted molar refractivity (Wildman–Crippen MR) is 225 cm³/mol. The molecule has 4 aromatic carbocycles. The van der Waals surface area contributed by atoms with E-state index in [-0.39, 0.29) is 0 Å². The van der Waals surface area contributed by atoms with Gasteiger partial charge in [0.2, 0.25) is 0 Å². The molecule has 0 N–H and O–H groups in total.